The van der Waals surface area contributed by atoms with Gasteiger partial charge in [-0.3, -0.25) is 0 Å². The minimum absolute atomic E-state index is 0.0835. The van der Waals surface area contributed by atoms with Crippen molar-refractivity contribution in [3.63, 3.8) is 0 Å². The lowest BCUT2D eigenvalue weighted by Gasteiger charge is -2.30. The molecule has 1 unspecified atom stereocenters. The molecule has 3 rings (SSSR count). The molecule has 20 heavy (non-hydrogen) atoms. The van der Waals surface area contributed by atoms with Gasteiger partial charge in [-0.15, -0.1) is 11.8 Å². The predicted molar refractivity (Wildman–Crippen MR) is 80.4 cm³/mol. The van der Waals surface area contributed by atoms with E-state index < -0.39 is 0 Å². The number of rotatable bonds is 3. The molecular weight excluding hydrogens is 273 g/mol. The molecule has 1 heterocycles. The monoisotopic (exact) mass is 295 g/mol. The van der Waals surface area contributed by atoms with E-state index >= 15 is 0 Å². The Morgan fingerprint density at radius 1 is 1.20 bits per heavy atom. The zero-order chi connectivity index (χ0) is 13.9. The van der Waals surface area contributed by atoms with E-state index in [0.29, 0.717) is 5.92 Å². The zero-order valence-corrected chi connectivity index (χ0v) is 12.5. The minimum Gasteiger partial charge on any atom is -0.393 e. The van der Waals surface area contributed by atoms with Crippen molar-refractivity contribution in [2.75, 3.05) is 12.3 Å². The van der Waals surface area contributed by atoms with Crippen molar-refractivity contribution in [2.24, 2.45) is 5.92 Å². The van der Waals surface area contributed by atoms with E-state index in [9.17, 15) is 9.50 Å². The molecule has 0 saturated heterocycles. The summed E-state index contributed by atoms with van der Waals surface area (Å²) in [5.74, 6) is 1.55. The van der Waals surface area contributed by atoms with Gasteiger partial charge in [-0.1, -0.05) is 12.1 Å². The Morgan fingerprint density at radius 2 is 2.00 bits per heavy atom. The van der Waals surface area contributed by atoms with Gasteiger partial charge < -0.3 is 10.4 Å². The highest BCUT2D eigenvalue weighted by atomic mass is 32.2. The number of halogens is 1. The van der Waals surface area contributed by atoms with E-state index in [0.717, 1.165) is 54.9 Å². The van der Waals surface area contributed by atoms with E-state index in [1.807, 2.05) is 12.1 Å². The summed E-state index contributed by atoms with van der Waals surface area (Å²) in [5.41, 5.74) is 1.12. The van der Waals surface area contributed by atoms with Crippen LogP contribution < -0.4 is 5.32 Å². The highest BCUT2D eigenvalue weighted by Crippen LogP contribution is 2.38. The van der Waals surface area contributed by atoms with Crippen LogP contribution in [0.4, 0.5) is 4.39 Å². The van der Waals surface area contributed by atoms with Crippen LogP contribution in [0.1, 0.15) is 43.7 Å². The largest absolute Gasteiger partial charge is 0.393 e. The highest BCUT2D eigenvalue weighted by molar-refractivity contribution is 7.99. The third-order valence-electron chi connectivity index (χ3n) is 4.49. The molecule has 1 aromatic carbocycles. The predicted octanol–water partition coefficient (Wildman–Crippen LogP) is 3.50. The molecule has 0 aromatic heterocycles. The molecule has 1 fully saturated rings. The lowest BCUT2D eigenvalue weighted by atomic mass is 9.87. The summed E-state index contributed by atoms with van der Waals surface area (Å²) >= 11 is 1.63. The fraction of sp³-hybridized carbons (Fsp3) is 0.625. The fourth-order valence-corrected chi connectivity index (χ4v) is 4.40. The van der Waals surface area contributed by atoms with Gasteiger partial charge in [0, 0.05) is 10.9 Å². The van der Waals surface area contributed by atoms with E-state index in [1.165, 1.54) is 0 Å². The van der Waals surface area contributed by atoms with Gasteiger partial charge in [0.2, 0.25) is 0 Å². The Labute approximate surface area is 124 Å². The number of aliphatic hydroxyl groups is 1. The molecule has 4 heteroatoms. The Bertz CT molecular complexity index is 460. The number of hydrogen-bond donors (Lipinski definition) is 2. The molecule has 1 atom stereocenters. The van der Waals surface area contributed by atoms with Crippen LogP contribution in [0.2, 0.25) is 0 Å². The number of fused-ring (bicyclic) bond motifs is 1. The van der Waals surface area contributed by atoms with E-state index in [4.69, 9.17) is 0 Å². The summed E-state index contributed by atoms with van der Waals surface area (Å²) in [5, 5.41) is 13.2. The quantitative estimate of drug-likeness (QED) is 0.895. The van der Waals surface area contributed by atoms with Gasteiger partial charge in [0.15, 0.2) is 0 Å². The second kappa shape index (κ2) is 6.46. The average molecular weight is 295 g/mol. The second-order valence-corrected chi connectivity index (χ2v) is 7.04. The molecule has 1 aromatic rings. The Hall–Kier alpha value is -0.580. The van der Waals surface area contributed by atoms with Gasteiger partial charge in [-0.2, -0.15) is 0 Å². The smallest absolute Gasteiger partial charge is 0.137 e. The Balaban J connectivity index is 1.61. The molecule has 2 nitrogen and oxygen atoms in total. The lowest BCUT2D eigenvalue weighted by Crippen LogP contribution is -2.32. The molecule has 2 N–H and O–H groups in total. The minimum atomic E-state index is -0.0906. The first-order valence-electron chi connectivity index (χ1n) is 7.56. The number of thioether (sulfide) groups is 1. The van der Waals surface area contributed by atoms with Gasteiger partial charge in [0.1, 0.15) is 5.82 Å². The molecule has 1 aliphatic heterocycles. The van der Waals surface area contributed by atoms with Crippen molar-refractivity contribution in [1.29, 1.82) is 0 Å². The normalized spacial score (nSPS) is 30.0. The average Bonchev–Trinajstić information content (AvgIpc) is 2.47. The Kier molecular flexibility index (Phi) is 4.64. The van der Waals surface area contributed by atoms with Crippen LogP contribution >= 0.6 is 11.8 Å². The van der Waals surface area contributed by atoms with Crippen LogP contribution in [0.3, 0.4) is 0 Å². The summed E-state index contributed by atoms with van der Waals surface area (Å²) < 4.78 is 13.8. The van der Waals surface area contributed by atoms with Crippen molar-refractivity contribution < 1.29 is 9.50 Å². The summed E-state index contributed by atoms with van der Waals surface area (Å²) in [6.07, 6.45) is 5.04. The van der Waals surface area contributed by atoms with Crippen molar-refractivity contribution in [1.82, 2.24) is 5.32 Å². The lowest BCUT2D eigenvalue weighted by molar-refractivity contribution is 0.107. The molecule has 0 bridgehead atoms. The maximum atomic E-state index is 13.8. The van der Waals surface area contributed by atoms with Crippen LogP contribution in [0.15, 0.2) is 23.1 Å². The number of hydrogen-bond acceptors (Lipinski definition) is 3. The molecular formula is C16H22FNOS. The summed E-state index contributed by atoms with van der Waals surface area (Å²) in [4.78, 5) is 0.829. The van der Waals surface area contributed by atoms with Crippen molar-refractivity contribution in [3.8, 4) is 0 Å². The first-order chi connectivity index (χ1) is 9.74. The van der Waals surface area contributed by atoms with Gasteiger partial charge in [0.25, 0.3) is 0 Å². The Morgan fingerprint density at radius 3 is 2.80 bits per heavy atom. The van der Waals surface area contributed by atoms with Crippen molar-refractivity contribution in [3.05, 3.63) is 29.6 Å². The van der Waals surface area contributed by atoms with Crippen molar-refractivity contribution >= 4 is 11.8 Å². The molecule has 110 valence electrons. The van der Waals surface area contributed by atoms with E-state index in [1.54, 1.807) is 17.8 Å². The number of benzene rings is 1. The molecule has 0 radical (unpaired) electrons. The molecule has 1 aliphatic carbocycles. The molecule has 2 aliphatic rings. The first-order valence-corrected chi connectivity index (χ1v) is 8.55. The summed E-state index contributed by atoms with van der Waals surface area (Å²) in [7, 11) is 0. The topological polar surface area (TPSA) is 32.3 Å². The van der Waals surface area contributed by atoms with Gasteiger partial charge in [0.05, 0.1) is 6.10 Å². The maximum absolute atomic E-state index is 13.8. The third kappa shape index (κ3) is 3.18. The first kappa shape index (κ1) is 14.4. The van der Waals surface area contributed by atoms with E-state index in [-0.39, 0.29) is 18.0 Å². The van der Waals surface area contributed by atoms with Crippen LogP contribution in [-0.2, 0) is 0 Å². The highest BCUT2D eigenvalue weighted by Gasteiger charge is 2.25. The second-order valence-electron chi connectivity index (χ2n) is 5.93. The van der Waals surface area contributed by atoms with Crippen LogP contribution in [0.25, 0.3) is 0 Å². The van der Waals surface area contributed by atoms with E-state index in [2.05, 4.69) is 5.32 Å². The number of nitrogens with one attached hydrogen (secondary N) is 1. The fourth-order valence-electron chi connectivity index (χ4n) is 3.26. The van der Waals surface area contributed by atoms with Gasteiger partial charge in [-0.05, 0) is 61.9 Å². The zero-order valence-electron chi connectivity index (χ0n) is 11.6. The molecule has 1 saturated carbocycles. The number of aliphatic hydroxyl groups excluding tert-OH is 1. The van der Waals surface area contributed by atoms with Crippen LogP contribution in [0.5, 0.6) is 0 Å². The van der Waals surface area contributed by atoms with Gasteiger partial charge >= 0.3 is 0 Å². The van der Waals surface area contributed by atoms with Crippen LogP contribution in [0, 0.1) is 11.7 Å². The van der Waals surface area contributed by atoms with Crippen molar-refractivity contribution in [2.45, 2.75) is 49.1 Å². The third-order valence-corrected chi connectivity index (χ3v) is 5.65. The maximum Gasteiger partial charge on any atom is 0.137 e. The molecule has 0 spiro atoms. The van der Waals surface area contributed by atoms with Gasteiger partial charge in [-0.25, -0.2) is 4.39 Å². The molecule has 0 amide bonds. The van der Waals surface area contributed by atoms with Crippen LogP contribution in [-0.4, -0.2) is 23.5 Å². The SMILES string of the molecule is OC1CCC(CNC2CCSc3c(F)cccc32)CC1. The summed E-state index contributed by atoms with van der Waals surface area (Å²) in [6.45, 7) is 0.984. The standard InChI is InChI=1S/C16H22FNOS/c17-14-3-1-2-13-15(8-9-20-16(13)14)18-10-11-4-6-12(19)7-5-11/h1-3,11-12,15,18-19H,4-10H2. The summed E-state index contributed by atoms with van der Waals surface area (Å²) in [6, 6.07) is 5.70.